The van der Waals surface area contributed by atoms with Gasteiger partial charge in [0.2, 0.25) is 0 Å². The maximum atomic E-state index is 5.22. The van der Waals surface area contributed by atoms with Crippen molar-refractivity contribution in [3.05, 3.63) is 23.8 Å². The van der Waals surface area contributed by atoms with E-state index in [1.807, 2.05) is 18.2 Å². The number of hydrogen-bond donors (Lipinski definition) is 0. The van der Waals surface area contributed by atoms with Crippen molar-refractivity contribution in [1.82, 2.24) is 0 Å². The van der Waals surface area contributed by atoms with E-state index >= 15 is 0 Å². The monoisotopic (exact) mass is 156 g/mol. The molecule has 0 heterocycles. The molecule has 0 N–H and O–H groups in total. The summed E-state index contributed by atoms with van der Waals surface area (Å²) in [5.74, 6) is 2.56. The quantitative estimate of drug-likeness (QED) is 0.343. The molecule has 0 atom stereocenters. The van der Waals surface area contributed by atoms with E-state index in [4.69, 9.17) is 6.42 Å². The van der Waals surface area contributed by atoms with Crippen LogP contribution in [-0.4, -0.2) is 20.5 Å². The van der Waals surface area contributed by atoms with Crippen molar-refractivity contribution in [2.75, 3.05) is 0 Å². The van der Waals surface area contributed by atoms with E-state index in [0.717, 1.165) is 15.9 Å². The first-order valence-corrected chi connectivity index (χ1v) is 3.78. The van der Waals surface area contributed by atoms with E-state index in [0.29, 0.717) is 0 Å². The second kappa shape index (κ2) is 2.87. The third-order valence-electron chi connectivity index (χ3n) is 1.18. The van der Waals surface area contributed by atoms with Crippen molar-refractivity contribution in [1.29, 1.82) is 0 Å². The van der Waals surface area contributed by atoms with Gasteiger partial charge in [0.05, 0.1) is 20.5 Å². The SMILES string of the molecule is C#Cc1cc([Si])ccc1[Si]. The fourth-order valence-corrected chi connectivity index (χ4v) is 1.12. The van der Waals surface area contributed by atoms with Crippen molar-refractivity contribution in [3.8, 4) is 12.3 Å². The van der Waals surface area contributed by atoms with Crippen LogP contribution < -0.4 is 10.4 Å². The summed E-state index contributed by atoms with van der Waals surface area (Å²) in [5.41, 5.74) is 0.865. The first-order valence-electron chi connectivity index (χ1n) is 2.78. The molecule has 0 bridgehead atoms. The summed E-state index contributed by atoms with van der Waals surface area (Å²) in [4.78, 5) is 0. The second-order valence-corrected chi connectivity index (χ2v) is 3.02. The highest BCUT2D eigenvalue weighted by Crippen LogP contribution is 1.86. The molecule has 0 unspecified atom stereocenters. The summed E-state index contributed by atoms with van der Waals surface area (Å²) >= 11 is 0. The summed E-state index contributed by atoms with van der Waals surface area (Å²) in [7, 11) is 6.74. The molecular formula is C8H4Si2. The Bertz CT molecular complexity index is 284. The van der Waals surface area contributed by atoms with Gasteiger partial charge >= 0.3 is 0 Å². The topological polar surface area (TPSA) is 0 Å². The average molecular weight is 156 g/mol. The molecule has 0 aliphatic rings. The maximum Gasteiger partial charge on any atom is 0.0729 e. The predicted molar refractivity (Wildman–Crippen MR) is 45.2 cm³/mol. The molecule has 0 aliphatic heterocycles. The summed E-state index contributed by atoms with van der Waals surface area (Å²) < 4.78 is 0. The van der Waals surface area contributed by atoms with Crippen LogP contribution in [0.3, 0.4) is 0 Å². The van der Waals surface area contributed by atoms with Gasteiger partial charge in [-0.25, -0.2) is 0 Å². The zero-order valence-corrected chi connectivity index (χ0v) is 7.31. The Morgan fingerprint density at radius 1 is 1.30 bits per heavy atom. The molecule has 0 aromatic heterocycles. The van der Waals surface area contributed by atoms with Crippen LogP contribution in [0.5, 0.6) is 0 Å². The Morgan fingerprint density at radius 3 is 2.50 bits per heavy atom. The Morgan fingerprint density at radius 2 is 2.00 bits per heavy atom. The fourth-order valence-electron chi connectivity index (χ4n) is 0.664. The third kappa shape index (κ3) is 1.38. The normalized spacial score (nSPS) is 8.90. The largest absolute Gasteiger partial charge is 0.115 e. The lowest BCUT2D eigenvalue weighted by Crippen LogP contribution is -2.13. The van der Waals surface area contributed by atoms with E-state index < -0.39 is 0 Å². The average Bonchev–Trinajstić information content (AvgIpc) is 1.94. The Kier molecular flexibility index (Phi) is 2.10. The standard InChI is InChI=1S/C8H4Si2/c1-2-6-5-7(9)3-4-8(6)10/h1,3-5H. The maximum absolute atomic E-state index is 5.22. The second-order valence-electron chi connectivity index (χ2n) is 1.90. The number of hydrogen-bond acceptors (Lipinski definition) is 0. The molecule has 1 aromatic carbocycles. The van der Waals surface area contributed by atoms with Crippen LogP contribution in [0, 0.1) is 12.3 Å². The number of rotatable bonds is 0. The van der Waals surface area contributed by atoms with E-state index in [2.05, 4.69) is 26.4 Å². The van der Waals surface area contributed by atoms with E-state index in [1.54, 1.807) is 0 Å². The summed E-state index contributed by atoms with van der Waals surface area (Å²) in [5, 5.41) is 1.94. The minimum absolute atomic E-state index is 0.865. The molecule has 0 saturated carbocycles. The summed E-state index contributed by atoms with van der Waals surface area (Å²) in [6.07, 6.45) is 5.22. The fraction of sp³-hybridized carbons (Fsp3) is 0. The molecule has 44 valence electrons. The van der Waals surface area contributed by atoms with Gasteiger partial charge in [0, 0.05) is 5.56 Å². The van der Waals surface area contributed by atoms with E-state index in [9.17, 15) is 0 Å². The van der Waals surface area contributed by atoms with Crippen LogP contribution in [0.15, 0.2) is 18.2 Å². The molecule has 0 spiro atoms. The minimum atomic E-state index is 0.865. The highest BCUT2D eigenvalue weighted by atomic mass is 28.1. The van der Waals surface area contributed by atoms with Crippen LogP contribution in [0.4, 0.5) is 0 Å². The molecule has 0 fully saturated rings. The third-order valence-corrected chi connectivity index (χ3v) is 1.92. The first kappa shape index (κ1) is 7.32. The van der Waals surface area contributed by atoms with Crippen molar-refractivity contribution in [2.24, 2.45) is 0 Å². The van der Waals surface area contributed by atoms with Gasteiger partial charge in [-0.2, -0.15) is 0 Å². The molecule has 0 saturated heterocycles. The van der Waals surface area contributed by atoms with Gasteiger partial charge in [-0.05, 0) is 6.07 Å². The Balaban J connectivity index is 3.25. The van der Waals surface area contributed by atoms with Gasteiger partial charge in [-0.15, -0.1) is 6.42 Å². The Labute approximate surface area is 67.5 Å². The first-order chi connectivity index (χ1) is 4.74. The number of benzene rings is 1. The highest BCUT2D eigenvalue weighted by molar-refractivity contribution is 6.36. The van der Waals surface area contributed by atoms with Crippen LogP contribution in [0.25, 0.3) is 0 Å². The zero-order chi connectivity index (χ0) is 7.56. The van der Waals surface area contributed by atoms with Crippen molar-refractivity contribution < 1.29 is 0 Å². The van der Waals surface area contributed by atoms with Crippen LogP contribution in [-0.2, 0) is 0 Å². The van der Waals surface area contributed by atoms with Gasteiger partial charge in [-0.1, -0.05) is 28.4 Å². The summed E-state index contributed by atoms with van der Waals surface area (Å²) in [6.45, 7) is 0. The van der Waals surface area contributed by atoms with Gasteiger partial charge in [0.1, 0.15) is 0 Å². The lowest BCUT2D eigenvalue weighted by Gasteiger charge is -1.97. The molecule has 0 nitrogen and oxygen atoms in total. The van der Waals surface area contributed by atoms with Crippen LogP contribution >= 0.6 is 0 Å². The van der Waals surface area contributed by atoms with Gasteiger partial charge in [0.25, 0.3) is 0 Å². The van der Waals surface area contributed by atoms with Gasteiger partial charge in [-0.3, -0.25) is 0 Å². The summed E-state index contributed by atoms with van der Waals surface area (Å²) in [6, 6.07) is 5.73. The molecule has 6 radical (unpaired) electrons. The van der Waals surface area contributed by atoms with Crippen LogP contribution in [0.1, 0.15) is 5.56 Å². The molecule has 1 aromatic rings. The lowest BCUT2D eigenvalue weighted by molar-refractivity contribution is 1.77. The lowest BCUT2D eigenvalue weighted by atomic mass is 10.2. The molecule has 10 heavy (non-hydrogen) atoms. The van der Waals surface area contributed by atoms with E-state index in [-0.39, 0.29) is 0 Å². The highest BCUT2D eigenvalue weighted by Gasteiger charge is 1.92. The van der Waals surface area contributed by atoms with Crippen molar-refractivity contribution >= 4 is 30.9 Å². The molecule has 0 amide bonds. The van der Waals surface area contributed by atoms with E-state index in [1.165, 1.54) is 0 Å². The minimum Gasteiger partial charge on any atom is -0.115 e. The van der Waals surface area contributed by atoms with Gasteiger partial charge < -0.3 is 0 Å². The smallest absolute Gasteiger partial charge is 0.0729 e. The van der Waals surface area contributed by atoms with Gasteiger partial charge in [0.15, 0.2) is 0 Å². The van der Waals surface area contributed by atoms with Crippen LogP contribution in [0.2, 0.25) is 0 Å². The Hall–Kier alpha value is -0.786. The predicted octanol–water partition coefficient (Wildman–Crippen LogP) is -0.744. The molecular weight excluding hydrogens is 152 g/mol. The number of terminal acetylenes is 1. The molecule has 1 rings (SSSR count). The zero-order valence-electron chi connectivity index (χ0n) is 5.31. The van der Waals surface area contributed by atoms with Crippen molar-refractivity contribution in [3.63, 3.8) is 0 Å². The van der Waals surface area contributed by atoms with Crippen molar-refractivity contribution in [2.45, 2.75) is 0 Å². The molecule has 0 aliphatic carbocycles. The molecule has 2 heteroatoms.